The van der Waals surface area contributed by atoms with Gasteiger partial charge in [-0.05, 0) is 81.9 Å². The van der Waals surface area contributed by atoms with Crippen molar-refractivity contribution in [2.24, 2.45) is 0 Å². The standard InChI is InChI=1S/C47H52N2O8/c1-50-19-21-52-23-25-54-27-29-56-34-37-3-9-39(10-4-37)41-13-17-46-44(31-41)45-32-42(14-18-47(45)49(46)43-15-7-36(33-48)8-16-43)40-11-5-38(6-12-40)35-57-30-28-55-26-24-53-22-20-51-2/h3-18,31-32H,19-30,34-35H2,1-2H3. The van der Waals surface area contributed by atoms with Crippen LogP contribution in [0.1, 0.15) is 16.7 Å². The van der Waals surface area contributed by atoms with Crippen LogP contribution in [0.25, 0.3) is 49.7 Å². The normalized spacial score (nSPS) is 11.5. The second kappa shape index (κ2) is 22.7. The first-order valence-corrected chi connectivity index (χ1v) is 19.4. The van der Waals surface area contributed by atoms with E-state index >= 15 is 0 Å². The second-order valence-electron chi connectivity index (χ2n) is 13.4. The lowest BCUT2D eigenvalue weighted by molar-refractivity contribution is 0.000869. The van der Waals surface area contributed by atoms with Crippen LogP contribution < -0.4 is 0 Å². The highest BCUT2D eigenvalue weighted by atomic mass is 16.6. The number of fused-ring (bicyclic) bond motifs is 3. The van der Waals surface area contributed by atoms with Crippen LogP contribution in [0, 0.1) is 11.3 Å². The van der Waals surface area contributed by atoms with Crippen molar-refractivity contribution < 1.29 is 37.9 Å². The molecule has 0 amide bonds. The maximum atomic E-state index is 9.44. The molecule has 0 aliphatic heterocycles. The summed E-state index contributed by atoms with van der Waals surface area (Å²) in [5, 5.41) is 11.7. The lowest BCUT2D eigenvalue weighted by Crippen LogP contribution is -2.11. The van der Waals surface area contributed by atoms with Crippen LogP contribution in [0.2, 0.25) is 0 Å². The van der Waals surface area contributed by atoms with Gasteiger partial charge in [-0.1, -0.05) is 60.7 Å². The molecule has 0 aliphatic rings. The Hall–Kier alpha value is -4.93. The first-order valence-electron chi connectivity index (χ1n) is 19.4. The lowest BCUT2D eigenvalue weighted by Gasteiger charge is -2.09. The third-order valence-electron chi connectivity index (χ3n) is 9.48. The smallest absolute Gasteiger partial charge is 0.0991 e. The molecule has 10 nitrogen and oxygen atoms in total. The van der Waals surface area contributed by atoms with Gasteiger partial charge in [-0.15, -0.1) is 0 Å². The molecule has 0 radical (unpaired) electrons. The molecular formula is C47H52N2O8. The van der Waals surface area contributed by atoms with Gasteiger partial charge in [-0.25, -0.2) is 0 Å². The fourth-order valence-electron chi connectivity index (χ4n) is 6.48. The minimum atomic E-state index is 0.517. The van der Waals surface area contributed by atoms with E-state index in [9.17, 15) is 5.26 Å². The fourth-order valence-corrected chi connectivity index (χ4v) is 6.48. The Kier molecular flexibility index (Phi) is 16.6. The number of methoxy groups -OCH3 is 2. The summed E-state index contributed by atoms with van der Waals surface area (Å²) in [7, 11) is 3.31. The first-order chi connectivity index (χ1) is 28.2. The minimum Gasteiger partial charge on any atom is -0.382 e. The lowest BCUT2D eigenvalue weighted by atomic mass is 9.99. The number of nitriles is 1. The van der Waals surface area contributed by atoms with Gasteiger partial charge in [-0.2, -0.15) is 5.26 Å². The van der Waals surface area contributed by atoms with Gasteiger partial charge in [-0.3, -0.25) is 0 Å². The number of ether oxygens (including phenoxy) is 8. The van der Waals surface area contributed by atoms with Gasteiger partial charge in [0.2, 0.25) is 0 Å². The van der Waals surface area contributed by atoms with Gasteiger partial charge in [0, 0.05) is 30.7 Å². The largest absolute Gasteiger partial charge is 0.382 e. The van der Waals surface area contributed by atoms with E-state index in [0.717, 1.165) is 60.9 Å². The molecule has 5 aromatic carbocycles. The van der Waals surface area contributed by atoms with Crippen molar-refractivity contribution in [1.29, 1.82) is 5.26 Å². The zero-order valence-electron chi connectivity index (χ0n) is 33.0. The molecule has 0 fully saturated rings. The summed E-state index contributed by atoms with van der Waals surface area (Å²) in [6.07, 6.45) is 0. The molecule has 0 aliphatic carbocycles. The Morgan fingerprint density at radius 2 is 0.789 bits per heavy atom. The van der Waals surface area contributed by atoms with Gasteiger partial charge < -0.3 is 42.5 Å². The van der Waals surface area contributed by atoms with Crippen molar-refractivity contribution in [3.05, 3.63) is 126 Å². The maximum absolute atomic E-state index is 9.44. The van der Waals surface area contributed by atoms with E-state index in [1.807, 2.05) is 24.3 Å². The van der Waals surface area contributed by atoms with E-state index in [1.165, 1.54) is 0 Å². The molecule has 57 heavy (non-hydrogen) atoms. The highest BCUT2D eigenvalue weighted by molar-refractivity contribution is 6.11. The third-order valence-corrected chi connectivity index (χ3v) is 9.48. The average molecular weight is 773 g/mol. The summed E-state index contributed by atoms with van der Waals surface area (Å²) in [6, 6.07) is 40.4. The third kappa shape index (κ3) is 12.0. The number of hydrogen-bond donors (Lipinski definition) is 0. The second-order valence-corrected chi connectivity index (χ2v) is 13.4. The average Bonchev–Trinajstić information content (AvgIpc) is 3.58. The predicted molar refractivity (Wildman–Crippen MR) is 223 cm³/mol. The van der Waals surface area contributed by atoms with Gasteiger partial charge >= 0.3 is 0 Å². The van der Waals surface area contributed by atoms with Gasteiger partial charge in [0.15, 0.2) is 0 Å². The van der Waals surface area contributed by atoms with Crippen LogP contribution in [0.5, 0.6) is 0 Å². The first kappa shape index (κ1) is 41.7. The van der Waals surface area contributed by atoms with Crippen molar-refractivity contribution in [3.63, 3.8) is 0 Å². The maximum Gasteiger partial charge on any atom is 0.0991 e. The number of nitrogens with zero attached hydrogens (tertiary/aromatic N) is 2. The molecule has 0 unspecified atom stereocenters. The van der Waals surface area contributed by atoms with Crippen LogP contribution in [0.4, 0.5) is 0 Å². The number of benzene rings is 5. The van der Waals surface area contributed by atoms with Crippen LogP contribution in [0.3, 0.4) is 0 Å². The molecule has 0 saturated heterocycles. The van der Waals surface area contributed by atoms with E-state index in [2.05, 4.69) is 95.6 Å². The molecule has 0 N–H and O–H groups in total. The van der Waals surface area contributed by atoms with Crippen molar-refractivity contribution in [2.45, 2.75) is 13.2 Å². The van der Waals surface area contributed by atoms with Crippen molar-refractivity contribution >= 4 is 21.8 Å². The number of aromatic nitrogens is 1. The summed E-state index contributed by atoms with van der Waals surface area (Å²) in [4.78, 5) is 0. The predicted octanol–water partition coefficient (Wildman–Crippen LogP) is 8.38. The Balaban J connectivity index is 1.13. The molecule has 1 aromatic heterocycles. The molecule has 6 rings (SSSR count). The molecule has 0 bridgehead atoms. The molecule has 1 heterocycles. The summed E-state index contributed by atoms with van der Waals surface area (Å²) >= 11 is 0. The summed E-state index contributed by atoms with van der Waals surface area (Å²) in [6.45, 7) is 7.59. The number of hydrogen-bond acceptors (Lipinski definition) is 9. The van der Waals surface area contributed by atoms with Crippen molar-refractivity contribution in [3.8, 4) is 34.0 Å². The van der Waals surface area contributed by atoms with Gasteiger partial charge in [0.1, 0.15) is 0 Å². The molecular weight excluding hydrogens is 721 g/mol. The van der Waals surface area contributed by atoms with Gasteiger partial charge in [0.25, 0.3) is 0 Å². The highest BCUT2D eigenvalue weighted by Crippen LogP contribution is 2.37. The molecule has 298 valence electrons. The molecule has 0 atom stereocenters. The van der Waals surface area contributed by atoms with E-state index in [-0.39, 0.29) is 0 Å². The van der Waals surface area contributed by atoms with Crippen molar-refractivity contribution in [1.82, 2.24) is 4.57 Å². The number of rotatable bonds is 25. The topological polar surface area (TPSA) is 103 Å². The van der Waals surface area contributed by atoms with Crippen LogP contribution in [0.15, 0.2) is 109 Å². The Labute approximate surface area is 335 Å². The monoisotopic (exact) mass is 772 g/mol. The summed E-state index contributed by atoms with van der Waals surface area (Å²) in [5.74, 6) is 0. The van der Waals surface area contributed by atoms with E-state index < -0.39 is 0 Å². The Morgan fingerprint density at radius 3 is 1.18 bits per heavy atom. The Bertz CT molecular complexity index is 2020. The van der Waals surface area contributed by atoms with Crippen LogP contribution in [-0.2, 0) is 51.1 Å². The highest BCUT2D eigenvalue weighted by Gasteiger charge is 2.15. The molecule has 6 aromatic rings. The zero-order chi connectivity index (χ0) is 39.5. The van der Waals surface area contributed by atoms with Crippen molar-refractivity contribution in [2.75, 3.05) is 93.5 Å². The minimum absolute atomic E-state index is 0.517. The van der Waals surface area contributed by atoms with Crippen LogP contribution in [-0.4, -0.2) is 98.1 Å². The van der Waals surface area contributed by atoms with E-state index in [4.69, 9.17) is 37.9 Å². The fraction of sp³-hybridized carbons (Fsp3) is 0.340. The quantitative estimate of drug-likeness (QED) is 0.0531. The van der Waals surface area contributed by atoms with E-state index in [1.54, 1.807) is 14.2 Å². The zero-order valence-corrected chi connectivity index (χ0v) is 33.0. The molecule has 10 heteroatoms. The SMILES string of the molecule is COCCOCCOCCOCc1ccc(-c2ccc3c(c2)c2cc(-c4ccc(COCCOCCOCCOC)cc4)ccc2n3-c2ccc(C#N)cc2)cc1. The molecule has 0 saturated carbocycles. The molecule has 0 spiro atoms. The Morgan fingerprint density at radius 1 is 0.421 bits per heavy atom. The summed E-state index contributed by atoms with van der Waals surface area (Å²) < 4.78 is 45.9. The van der Waals surface area contributed by atoms with Crippen LogP contribution >= 0.6 is 0 Å². The van der Waals surface area contributed by atoms with Gasteiger partial charge in [0.05, 0.1) is 115 Å². The van der Waals surface area contributed by atoms with E-state index in [0.29, 0.717) is 98.1 Å². The summed E-state index contributed by atoms with van der Waals surface area (Å²) in [5.41, 5.74) is 10.6.